The Morgan fingerprint density at radius 3 is 2.66 bits per heavy atom. The van der Waals surface area contributed by atoms with Gasteiger partial charge in [-0.25, -0.2) is 9.69 Å². The number of nitrogens with zero attached hydrogens (tertiary/aromatic N) is 2. The summed E-state index contributed by atoms with van der Waals surface area (Å²) in [5, 5.41) is 0. The maximum Gasteiger partial charge on any atom is 0.404 e. The molecule has 2 atom stereocenters. The molecule has 0 spiro atoms. The summed E-state index contributed by atoms with van der Waals surface area (Å²) in [6.45, 7) is 0. The van der Waals surface area contributed by atoms with Crippen molar-refractivity contribution in [2.45, 2.75) is 38.2 Å². The van der Waals surface area contributed by atoms with Gasteiger partial charge < -0.3 is 22.9 Å². The van der Waals surface area contributed by atoms with E-state index in [0.29, 0.717) is 18.3 Å². The fraction of sp³-hybridized carbons (Fsp3) is 0.381. The maximum absolute atomic E-state index is 11.5. The van der Waals surface area contributed by atoms with Gasteiger partial charge in [0.15, 0.2) is 5.70 Å². The minimum atomic E-state index is -0.688. The largest absolute Gasteiger partial charge is 1.00 e. The Labute approximate surface area is 190 Å². The molecule has 0 aromatic heterocycles. The van der Waals surface area contributed by atoms with Gasteiger partial charge in [-0.15, -0.1) is 0 Å². The summed E-state index contributed by atoms with van der Waals surface area (Å²) < 4.78 is 6.57. The molecule has 3 N–H and O–H groups in total. The third-order valence-corrected chi connectivity index (χ3v) is 6.59. The van der Waals surface area contributed by atoms with Gasteiger partial charge in [0.25, 0.3) is 3.84 Å². The molecule has 1 aromatic carbocycles. The van der Waals surface area contributed by atoms with Crippen LogP contribution < -0.4 is 23.0 Å². The Bertz CT molecular complexity index is 861. The van der Waals surface area contributed by atoms with E-state index in [1.807, 2.05) is 36.8 Å². The number of allylic oxidation sites excluding steroid dienone is 2. The van der Waals surface area contributed by atoms with E-state index < -0.39 is 6.09 Å². The third kappa shape index (κ3) is 5.07. The van der Waals surface area contributed by atoms with Gasteiger partial charge in [-0.05, 0) is 37.2 Å². The van der Waals surface area contributed by atoms with Crippen molar-refractivity contribution >= 4 is 38.7 Å². The molecule has 2 heterocycles. The number of amides is 1. The van der Waals surface area contributed by atoms with Crippen molar-refractivity contribution in [1.82, 2.24) is 0 Å². The number of amidine groups is 1. The number of quaternary nitrogens is 1. The normalized spacial score (nSPS) is 26.4. The molecule has 3 aliphatic rings. The Balaban J connectivity index is 0.00000240. The number of halogens is 2. The van der Waals surface area contributed by atoms with Gasteiger partial charge in [0.05, 0.1) is 35.0 Å². The lowest BCUT2D eigenvalue weighted by molar-refractivity contribution is -0.684. The van der Waals surface area contributed by atoms with Gasteiger partial charge in [-0.3, -0.25) is 4.99 Å². The van der Waals surface area contributed by atoms with Crippen LogP contribution >= 0.6 is 22.6 Å². The van der Waals surface area contributed by atoms with E-state index in [1.165, 1.54) is 21.9 Å². The molecule has 1 saturated carbocycles. The van der Waals surface area contributed by atoms with Crippen LogP contribution in [0.4, 0.5) is 4.79 Å². The second-order valence-corrected chi connectivity index (χ2v) is 8.51. The number of benzene rings is 1. The molecule has 1 aromatic rings. The van der Waals surface area contributed by atoms with E-state index in [0.717, 1.165) is 29.5 Å². The summed E-state index contributed by atoms with van der Waals surface area (Å²) >= 11 is 2.31. The fourth-order valence-corrected chi connectivity index (χ4v) is 5.11. The lowest BCUT2D eigenvalue weighted by atomic mass is 9.76. The van der Waals surface area contributed by atoms with Crippen molar-refractivity contribution in [3.63, 3.8) is 0 Å². The lowest BCUT2D eigenvalue weighted by Gasteiger charge is -2.33. The summed E-state index contributed by atoms with van der Waals surface area (Å²) in [7, 11) is 0. The van der Waals surface area contributed by atoms with Crippen LogP contribution in [0, 0.1) is 11.8 Å². The number of hydrogen-bond acceptors (Lipinski definition) is 4. The van der Waals surface area contributed by atoms with Crippen LogP contribution in [0.5, 0.6) is 0 Å². The molecule has 154 valence electrons. The van der Waals surface area contributed by atoms with E-state index in [4.69, 9.17) is 15.5 Å². The number of carbonyl (C=O) groups is 1. The Morgan fingerprint density at radius 1 is 1.24 bits per heavy atom. The molecule has 29 heavy (non-hydrogen) atoms. The van der Waals surface area contributed by atoms with Crippen LogP contribution in [0.1, 0.15) is 31.2 Å². The summed E-state index contributed by atoms with van der Waals surface area (Å²) in [5.41, 5.74) is 8.86. The number of fused-ring (bicyclic) bond motifs is 1. The standard InChI is InChI=1S/C21H23IN4O2.ClH/c22-20-25-19(17-13-24-10-11-26(17)20)16-8-6-15(7-9-16)18(28-21(23)27)12-14-4-2-1-3-5-14;/h1-5,10-11,13,15-16,18H,6-9,12H2,(H2,23,27);1H. The van der Waals surface area contributed by atoms with Gasteiger partial charge in [-0.2, -0.15) is 4.99 Å². The number of nitrogens with one attached hydrogen (secondary N) is 1. The van der Waals surface area contributed by atoms with Gasteiger partial charge in [-0.1, -0.05) is 30.3 Å². The molecule has 2 unspecified atom stereocenters. The highest BCUT2D eigenvalue weighted by atomic mass is 127. The number of nitrogens with two attached hydrogens (primary N) is 1. The fourth-order valence-electron chi connectivity index (χ4n) is 4.38. The lowest BCUT2D eigenvalue weighted by Crippen LogP contribution is -3.07. The zero-order valence-corrected chi connectivity index (χ0v) is 18.8. The van der Waals surface area contributed by atoms with Crippen LogP contribution in [-0.2, 0) is 11.2 Å². The Hall–Kier alpha value is -1.71. The summed E-state index contributed by atoms with van der Waals surface area (Å²) in [6.07, 6.45) is 9.71. The smallest absolute Gasteiger partial charge is 0.404 e. The molecule has 8 heteroatoms. The molecule has 2 aliphatic heterocycles. The van der Waals surface area contributed by atoms with E-state index in [1.54, 1.807) is 0 Å². The second-order valence-electron chi connectivity index (χ2n) is 7.49. The van der Waals surface area contributed by atoms with Crippen molar-refractivity contribution in [2.24, 2.45) is 27.6 Å². The van der Waals surface area contributed by atoms with Gasteiger partial charge >= 0.3 is 6.09 Å². The average Bonchev–Trinajstić information content (AvgIpc) is 3.05. The minimum Gasteiger partial charge on any atom is -1.00 e. The average molecular weight is 527 g/mol. The molecular formula is C21H24ClIN4O2. The Morgan fingerprint density at radius 2 is 1.97 bits per heavy atom. The molecule has 1 amide bonds. The van der Waals surface area contributed by atoms with Gasteiger partial charge in [0.2, 0.25) is 0 Å². The molecule has 1 fully saturated rings. The predicted molar refractivity (Wildman–Crippen MR) is 117 cm³/mol. The summed E-state index contributed by atoms with van der Waals surface area (Å²) in [6, 6.07) is 10.1. The van der Waals surface area contributed by atoms with Gasteiger partial charge in [0.1, 0.15) is 18.0 Å². The highest BCUT2D eigenvalue weighted by molar-refractivity contribution is 14.1. The number of primary amides is 1. The van der Waals surface area contributed by atoms with E-state index in [2.05, 4.69) is 39.7 Å². The van der Waals surface area contributed by atoms with Crippen molar-refractivity contribution < 1.29 is 26.8 Å². The van der Waals surface area contributed by atoms with Crippen molar-refractivity contribution in [3.8, 4) is 0 Å². The predicted octanol–water partition coefficient (Wildman–Crippen LogP) is -0.0399. The van der Waals surface area contributed by atoms with E-state index >= 15 is 0 Å². The molecule has 0 bridgehead atoms. The SMILES string of the molecule is NC(=O)OC(Cc1ccccc1)C1CCC(C2=C3C=NC=C[NH+]3C(I)=N2)CC1.[Cl-]. The molecule has 6 nitrogen and oxygen atoms in total. The quantitative estimate of drug-likeness (QED) is 0.417. The first-order valence-corrected chi connectivity index (χ1v) is 10.8. The number of hydrogen-bond donors (Lipinski definition) is 2. The van der Waals surface area contributed by atoms with Crippen molar-refractivity contribution in [2.75, 3.05) is 0 Å². The van der Waals surface area contributed by atoms with Crippen LogP contribution in [0.2, 0.25) is 0 Å². The zero-order valence-electron chi connectivity index (χ0n) is 15.9. The second kappa shape index (κ2) is 9.86. The highest BCUT2D eigenvalue weighted by Crippen LogP contribution is 2.38. The zero-order chi connectivity index (χ0) is 19.5. The van der Waals surface area contributed by atoms with E-state index in [-0.39, 0.29) is 18.5 Å². The van der Waals surface area contributed by atoms with Crippen LogP contribution in [0.3, 0.4) is 0 Å². The highest BCUT2D eigenvalue weighted by Gasteiger charge is 2.37. The molecular weight excluding hydrogens is 503 g/mol. The van der Waals surface area contributed by atoms with E-state index in [9.17, 15) is 4.79 Å². The third-order valence-electron chi connectivity index (χ3n) is 5.77. The molecule has 1 aliphatic carbocycles. The first-order valence-electron chi connectivity index (χ1n) is 9.67. The number of rotatable bonds is 5. The summed E-state index contributed by atoms with van der Waals surface area (Å²) in [4.78, 5) is 21.8. The first kappa shape index (κ1) is 22.0. The number of ether oxygens (including phenoxy) is 1. The molecule has 0 radical (unpaired) electrons. The minimum absolute atomic E-state index is 0. The first-order chi connectivity index (χ1) is 13.6. The summed E-state index contributed by atoms with van der Waals surface area (Å²) in [5.74, 6) is 0.750. The van der Waals surface area contributed by atoms with Gasteiger partial charge in [0, 0.05) is 12.3 Å². The maximum atomic E-state index is 11.5. The van der Waals surface area contributed by atoms with Crippen LogP contribution in [0.25, 0.3) is 0 Å². The number of carbonyl (C=O) groups excluding carboxylic acids is 1. The Kier molecular flexibility index (Phi) is 7.48. The topological polar surface area (TPSA) is 81.5 Å². The van der Waals surface area contributed by atoms with Crippen LogP contribution in [0.15, 0.2) is 64.1 Å². The number of aliphatic imine (C=N–C) groups is 2. The van der Waals surface area contributed by atoms with Crippen molar-refractivity contribution in [1.29, 1.82) is 0 Å². The molecule has 4 rings (SSSR count). The molecule has 0 saturated heterocycles. The van der Waals surface area contributed by atoms with Crippen LogP contribution in [-0.4, -0.2) is 22.3 Å². The monoisotopic (exact) mass is 526 g/mol. The van der Waals surface area contributed by atoms with Crippen molar-refractivity contribution in [3.05, 3.63) is 59.7 Å².